The number of benzene rings is 2. The maximum atomic E-state index is 5.07. The van der Waals surface area contributed by atoms with Crippen LogP contribution in [-0.2, 0) is 9.47 Å². The molecule has 4 rings (SSSR count). The Labute approximate surface area is 134 Å². The van der Waals surface area contributed by atoms with Gasteiger partial charge in [-0.1, -0.05) is 48.5 Å². The van der Waals surface area contributed by atoms with E-state index < -0.39 is 0 Å². The van der Waals surface area contributed by atoms with Crippen LogP contribution in [0.15, 0.2) is 48.5 Å². The predicted octanol–water partition coefficient (Wildman–Crippen LogP) is 5.21. The largest absolute Gasteiger partial charge is 0.381 e. The third kappa shape index (κ3) is 7.06. The minimum Gasteiger partial charge on any atom is -0.381 e. The van der Waals surface area contributed by atoms with Crippen molar-refractivity contribution >= 4 is 10.8 Å². The van der Waals surface area contributed by atoms with Crippen LogP contribution in [0, 0.1) is 0 Å². The molecule has 2 fully saturated rings. The molecule has 2 heterocycles. The molecule has 0 unspecified atom stereocenters. The highest BCUT2D eigenvalue weighted by molar-refractivity contribution is 5.81. The second kappa shape index (κ2) is 11.2. The molecule has 2 aromatic carbocycles. The first-order valence-corrected chi connectivity index (χ1v) is 8.56. The Balaban J connectivity index is 0.000000128. The third-order valence-corrected chi connectivity index (χ3v) is 3.81. The zero-order valence-corrected chi connectivity index (χ0v) is 13.5. The van der Waals surface area contributed by atoms with Gasteiger partial charge in [0.15, 0.2) is 0 Å². The van der Waals surface area contributed by atoms with Crippen molar-refractivity contribution in [1.82, 2.24) is 0 Å². The lowest BCUT2D eigenvalue weighted by molar-refractivity contribution is 0.0967. The van der Waals surface area contributed by atoms with Crippen LogP contribution in [0.3, 0.4) is 0 Å². The predicted molar refractivity (Wildman–Crippen MR) is 93.3 cm³/mol. The van der Waals surface area contributed by atoms with E-state index in [0.717, 1.165) is 26.4 Å². The smallest absolute Gasteiger partial charge is 0.0466 e. The zero-order valence-electron chi connectivity index (χ0n) is 13.5. The SMILES string of the molecule is C1CCOCC1.C1CCOCC1.c1ccc2ccccc2c1. The summed E-state index contributed by atoms with van der Waals surface area (Å²) in [4.78, 5) is 0. The molecule has 0 spiro atoms. The van der Waals surface area contributed by atoms with Crippen molar-refractivity contribution in [2.45, 2.75) is 38.5 Å². The molecule has 2 aliphatic rings. The van der Waals surface area contributed by atoms with Gasteiger partial charge >= 0.3 is 0 Å². The van der Waals surface area contributed by atoms with E-state index in [1.165, 1.54) is 49.3 Å². The summed E-state index contributed by atoms with van der Waals surface area (Å²) in [5.41, 5.74) is 0. The second-order valence-corrected chi connectivity index (χ2v) is 5.69. The van der Waals surface area contributed by atoms with E-state index in [4.69, 9.17) is 9.47 Å². The van der Waals surface area contributed by atoms with Gasteiger partial charge in [-0.3, -0.25) is 0 Å². The summed E-state index contributed by atoms with van der Waals surface area (Å²) in [7, 11) is 0. The molecule has 2 saturated heterocycles. The Morgan fingerprint density at radius 1 is 0.455 bits per heavy atom. The summed E-state index contributed by atoms with van der Waals surface area (Å²) in [6.07, 6.45) is 7.86. The number of hydrogen-bond acceptors (Lipinski definition) is 2. The van der Waals surface area contributed by atoms with Crippen LogP contribution in [0.1, 0.15) is 38.5 Å². The molecule has 2 nitrogen and oxygen atoms in total. The van der Waals surface area contributed by atoms with Crippen LogP contribution < -0.4 is 0 Å². The van der Waals surface area contributed by atoms with Crippen molar-refractivity contribution in [3.8, 4) is 0 Å². The summed E-state index contributed by atoms with van der Waals surface area (Å²) in [6.45, 7) is 4.00. The van der Waals surface area contributed by atoms with Gasteiger partial charge in [-0.15, -0.1) is 0 Å². The summed E-state index contributed by atoms with van der Waals surface area (Å²) in [5.74, 6) is 0. The Bertz CT molecular complexity index is 401. The molecule has 0 radical (unpaired) electrons. The van der Waals surface area contributed by atoms with Crippen molar-refractivity contribution in [1.29, 1.82) is 0 Å². The molecule has 2 aromatic rings. The van der Waals surface area contributed by atoms with E-state index in [1.807, 2.05) is 0 Å². The first-order valence-electron chi connectivity index (χ1n) is 8.56. The van der Waals surface area contributed by atoms with Gasteiger partial charge in [-0.2, -0.15) is 0 Å². The molecule has 0 atom stereocenters. The van der Waals surface area contributed by atoms with Gasteiger partial charge in [0.1, 0.15) is 0 Å². The van der Waals surface area contributed by atoms with Crippen molar-refractivity contribution in [3.63, 3.8) is 0 Å². The van der Waals surface area contributed by atoms with Crippen molar-refractivity contribution in [2.75, 3.05) is 26.4 Å². The zero-order chi connectivity index (χ0) is 15.3. The summed E-state index contributed by atoms with van der Waals surface area (Å²) in [5, 5.41) is 2.62. The fraction of sp³-hybridized carbons (Fsp3) is 0.500. The lowest BCUT2D eigenvalue weighted by Gasteiger charge is -2.08. The van der Waals surface area contributed by atoms with E-state index in [2.05, 4.69) is 48.5 Å². The monoisotopic (exact) mass is 300 g/mol. The Hall–Kier alpha value is -1.38. The summed E-state index contributed by atoms with van der Waals surface area (Å²) in [6, 6.07) is 16.7. The van der Waals surface area contributed by atoms with Gasteiger partial charge in [-0.05, 0) is 49.3 Å². The van der Waals surface area contributed by atoms with Crippen LogP contribution >= 0.6 is 0 Å². The maximum absolute atomic E-state index is 5.07. The van der Waals surface area contributed by atoms with Gasteiger partial charge < -0.3 is 9.47 Å². The van der Waals surface area contributed by atoms with E-state index >= 15 is 0 Å². The standard InChI is InChI=1S/C10H8.2C5H10O/c1-2-6-10-8-4-3-7-9(10)5-1;2*1-2-4-6-5-3-1/h1-8H;2*1-5H2. The van der Waals surface area contributed by atoms with E-state index in [0.29, 0.717) is 0 Å². The molecule has 0 amide bonds. The molecule has 0 N–H and O–H groups in total. The van der Waals surface area contributed by atoms with Crippen LogP contribution in [0.2, 0.25) is 0 Å². The lowest BCUT2D eigenvalue weighted by Crippen LogP contribution is -2.03. The molecule has 0 bridgehead atoms. The summed E-state index contributed by atoms with van der Waals surface area (Å²) < 4.78 is 10.1. The average molecular weight is 300 g/mol. The molecule has 2 heteroatoms. The molecule has 120 valence electrons. The molecule has 0 aliphatic carbocycles. The fourth-order valence-corrected chi connectivity index (χ4v) is 2.51. The topological polar surface area (TPSA) is 18.5 Å². The maximum Gasteiger partial charge on any atom is 0.0466 e. The molecular formula is C20H28O2. The molecule has 0 saturated carbocycles. The number of ether oxygens (including phenoxy) is 2. The highest BCUT2D eigenvalue weighted by Crippen LogP contribution is 2.11. The van der Waals surface area contributed by atoms with E-state index in [-0.39, 0.29) is 0 Å². The van der Waals surface area contributed by atoms with Crippen LogP contribution in [0.5, 0.6) is 0 Å². The normalized spacial score (nSPS) is 17.6. The average Bonchev–Trinajstić information content (AvgIpc) is 2.66. The molecule has 2 aliphatic heterocycles. The summed E-state index contributed by atoms with van der Waals surface area (Å²) >= 11 is 0. The minimum atomic E-state index is 1.00. The van der Waals surface area contributed by atoms with E-state index in [1.54, 1.807) is 0 Å². The van der Waals surface area contributed by atoms with Crippen molar-refractivity contribution in [2.24, 2.45) is 0 Å². The fourth-order valence-electron chi connectivity index (χ4n) is 2.51. The minimum absolute atomic E-state index is 1.00. The quantitative estimate of drug-likeness (QED) is 0.664. The lowest BCUT2D eigenvalue weighted by atomic mass is 10.1. The Morgan fingerprint density at radius 3 is 0.955 bits per heavy atom. The number of fused-ring (bicyclic) bond motifs is 1. The van der Waals surface area contributed by atoms with E-state index in [9.17, 15) is 0 Å². The van der Waals surface area contributed by atoms with Crippen LogP contribution in [0.4, 0.5) is 0 Å². The van der Waals surface area contributed by atoms with Gasteiger partial charge in [-0.25, -0.2) is 0 Å². The first kappa shape index (κ1) is 17.0. The van der Waals surface area contributed by atoms with Crippen LogP contribution in [-0.4, -0.2) is 26.4 Å². The van der Waals surface area contributed by atoms with Crippen LogP contribution in [0.25, 0.3) is 10.8 Å². The second-order valence-electron chi connectivity index (χ2n) is 5.69. The Morgan fingerprint density at radius 2 is 0.773 bits per heavy atom. The molecule has 22 heavy (non-hydrogen) atoms. The first-order chi connectivity index (χ1) is 11.0. The number of hydrogen-bond donors (Lipinski definition) is 0. The van der Waals surface area contributed by atoms with Crippen molar-refractivity contribution < 1.29 is 9.47 Å². The van der Waals surface area contributed by atoms with Gasteiger partial charge in [0.2, 0.25) is 0 Å². The third-order valence-electron chi connectivity index (χ3n) is 3.81. The van der Waals surface area contributed by atoms with Gasteiger partial charge in [0, 0.05) is 26.4 Å². The Kier molecular flexibility index (Phi) is 8.66. The van der Waals surface area contributed by atoms with Gasteiger partial charge in [0.25, 0.3) is 0 Å². The van der Waals surface area contributed by atoms with Gasteiger partial charge in [0.05, 0.1) is 0 Å². The highest BCUT2D eigenvalue weighted by atomic mass is 16.5. The molecule has 0 aromatic heterocycles. The van der Waals surface area contributed by atoms with Crippen molar-refractivity contribution in [3.05, 3.63) is 48.5 Å². The highest BCUT2D eigenvalue weighted by Gasteiger charge is 1.95. The molecular weight excluding hydrogens is 272 g/mol. The number of rotatable bonds is 0.